The van der Waals surface area contributed by atoms with Crippen LogP contribution in [0.1, 0.15) is 18.3 Å². The van der Waals surface area contributed by atoms with Gasteiger partial charge in [-0.15, -0.1) is 0 Å². The molecule has 0 unspecified atom stereocenters. The fourth-order valence-corrected chi connectivity index (χ4v) is 1.74. The lowest BCUT2D eigenvalue weighted by molar-refractivity contribution is -0.183. The summed E-state index contributed by atoms with van der Waals surface area (Å²) in [4.78, 5) is 0. The molecule has 0 N–H and O–H groups in total. The topological polar surface area (TPSA) is 27.7 Å². The van der Waals surface area contributed by atoms with E-state index in [-0.39, 0.29) is 6.29 Å². The second-order valence-corrected chi connectivity index (χ2v) is 3.75. The van der Waals surface area contributed by atoms with Gasteiger partial charge in [-0.3, -0.25) is 0 Å². The minimum Gasteiger partial charge on any atom is -0.496 e. The van der Waals surface area contributed by atoms with Crippen molar-refractivity contribution in [2.45, 2.75) is 12.7 Å². The van der Waals surface area contributed by atoms with E-state index in [4.69, 9.17) is 25.8 Å². The molecule has 0 amide bonds. The summed E-state index contributed by atoms with van der Waals surface area (Å²) in [5, 5.41) is 0.656. The summed E-state index contributed by atoms with van der Waals surface area (Å²) in [6, 6.07) is 5.42. The highest BCUT2D eigenvalue weighted by Gasteiger charge is 2.20. The van der Waals surface area contributed by atoms with E-state index in [2.05, 4.69) is 0 Å². The minimum absolute atomic E-state index is 0.354. The molecule has 1 aliphatic rings. The van der Waals surface area contributed by atoms with Crippen LogP contribution in [0.15, 0.2) is 18.2 Å². The lowest BCUT2D eigenvalue weighted by Crippen LogP contribution is -2.18. The van der Waals surface area contributed by atoms with Crippen molar-refractivity contribution in [3.63, 3.8) is 0 Å². The fourth-order valence-electron chi connectivity index (χ4n) is 1.56. The maximum atomic E-state index is 5.93. The Morgan fingerprint density at radius 3 is 2.73 bits per heavy atom. The van der Waals surface area contributed by atoms with Crippen LogP contribution in [0.5, 0.6) is 5.75 Å². The second-order valence-electron chi connectivity index (χ2n) is 3.31. The first kappa shape index (κ1) is 10.7. The van der Waals surface area contributed by atoms with Crippen molar-refractivity contribution in [2.24, 2.45) is 0 Å². The SMILES string of the molecule is COc1ccc(Cl)cc1C1OCCCO1. The first-order chi connectivity index (χ1) is 7.31. The molecular weight excluding hydrogens is 216 g/mol. The van der Waals surface area contributed by atoms with Gasteiger partial charge in [-0.25, -0.2) is 0 Å². The molecule has 3 nitrogen and oxygen atoms in total. The van der Waals surface area contributed by atoms with E-state index in [0.717, 1.165) is 17.7 Å². The van der Waals surface area contributed by atoms with E-state index in [1.54, 1.807) is 13.2 Å². The van der Waals surface area contributed by atoms with Crippen molar-refractivity contribution in [1.82, 2.24) is 0 Å². The summed E-state index contributed by atoms with van der Waals surface area (Å²) >= 11 is 5.93. The van der Waals surface area contributed by atoms with Gasteiger partial charge in [0.25, 0.3) is 0 Å². The Hall–Kier alpha value is -0.770. The van der Waals surface area contributed by atoms with Gasteiger partial charge in [0.15, 0.2) is 6.29 Å². The highest BCUT2D eigenvalue weighted by molar-refractivity contribution is 6.30. The average molecular weight is 229 g/mol. The molecule has 0 aromatic heterocycles. The Morgan fingerprint density at radius 1 is 1.33 bits per heavy atom. The van der Waals surface area contributed by atoms with Crippen LogP contribution in [0.3, 0.4) is 0 Å². The molecule has 1 aromatic rings. The van der Waals surface area contributed by atoms with E-state index in [0.29, 0.717) is 18.2 Å². The predicted molar refractivity (Wildman–Crippen MR) is 57.3 cm³/mol. The van der Waals surface area contributed by atoms with E-state index >= 15 is 0 Å². The summed E-state index contributed by atoms with van der Waals surface area (Å²) in [5.41, 5.74) is 0.852. The third-order valence-corrected chi connectivity index (χ3v) is 2.51. The van der Waals surface area contributed by atoms with Crippen molar-refractivity contribution >= 4 is 11.6 Å². The van der Waals surface area contributed by atoms with Crippen molar-refractivity contribution < 1.29 is 14.2 Å². The Labute approximate surface area is 93.9 Å². The van der Waals surface area contributed by atoms with E-state index in [1.165, 1.54) is 0 Å². The number of methoxy groups -OCH3 is 1. The van der Waals surface area contributed by atoms with Crippen molar-refractivity contribution in [3.05, 3.63) is 28.8 Å². The summed E-state index contributed by atoms with van der Waals surface area (Å²) < 4.78 is 16.2. The lowest BCUT2D eigenvalue weighted by Gasteiger charge is -2.24. The number of halogens is 1. The number of hydrogen-bond acceptors (Lipinski definition) is 3. The quantitative estimate of drug-likeness (QED) is 0.779. The summed E-state index contributed by atoms with van der Waals surface area (Å²) in [5.74, 6) is 0.742. The van der Waals surface area contributed by atoms with Crippen LogP contribution < -0.4 is 4.74 Å². The van der Waals surface area contributed by atoms with Crippen LogP contribution in [0.25, 0.3) is 0 Å². The van der Waals surface area contributed by atoms with Gasteiger partial charge in [-0.1, -0.05) is 11.6 Å². The molecule has 2 rings (SSSR count). The van der Waals surface area contributed by atoms with E-state index in [9.17, 15) is 0 Å². The Bertz CT molecular complexity index is 335. The van der Waals surface area contributed by atoms with Gasteiger partial charge in [-0.2, -0.15) is 0 Å². The largest absolute Gasteiger partial charge is 0.496 e. The minimum atomic E-state index is -0.354. The second kappa shape index (κ2) is 4.84. The average Bonchev–Trinajstić information content (AvgIpc) is 2.30. The molecule has 0 bridgehead atoms. The molecule has 82 valence electrons. The normalized spacial score (nSPS) is 17.7. The van der Waals surface area contributed by atoms with Gasteiger partial charge in [0.2, 0.25) is 0 Å². The van der Waals surface area contributed by atoms with Crippen molar-refractivity contribution in [1.29, 1.82) is 0 Å². The zero-order chi connectivity index (χ0) is 10.7. The molecule has 1 fully saturated rings. The Kier molecular flexibility index (Phi) is 3.46. The molecule has 1 heterocycles. The van der Waals surface area contributed by atoms with Gasteiger partial charge in [-0.05, 0) is 24.6 Å². The third kappa shape index (κ3) is 2.43. The highest BCUT2D eigenvalue weighted by Crippen LogP contribution is 2.32. The molecule has 15 heavy (non-hydrogen) atoms. The molecule has 0 aliphatic carbocycles. The number of ether oxygens (including phenoxy) is 3. The van der Waals surface area contributed by atoms with Crippen LogP contribution in [0.2, 0.25) is 5.02 Å². The standard InChI is InChI=1S/C11H13ClO3/c1-13-10-4-3-8(12)7-9(10)11-14-5-2-6-15-11/h3-4,7,11H,2,5-6H2,1H3. The third-order valence-electron chi connectivity index (χ3n) is 2.27. The monoisotopic (exact) mass is 228 g/mol. The highest BCUT2D eigenvalue weighted by atomic mass is 35.5. The van der Waals surface area contributed by atoms with Gasteiger partial charge < -0.3 is 14.2 Å². The maximum Gasteiger partial charge on any atom is 0.187 e. The van der Waals surface area contributed by atoms with Gasteiger partial charge >= 0.3 is 0 Å². The van der Waals surface area contributed by atoms with E-state index in [1.807, 2.05) is 12.1 Å². The van der Waals surface area contributed by atoms with E-state index < -0.39 is 0 Å². The number of rotatable bonds is 2. The molecule has 1 aromatic carbocycles. The zero-order valence-corrected chi connectivity index (χ0v) is 9.29. The van der Waals surface area contributed by atoms with Crippen LogP contribution in [0.4, 0.5) is 0 Å². The lowest BCUT2D eigenvalue weighted by atomic mass is 10.2. The molecule has 0 spiro atoms. The molecule has 1 aliphatic heterocycles. The first-order valence-corrected chi connectivity index (χ1v) is 5.25. The van der Waals surface area contributed by atoms with Crippen LogP contribution in [-0.4, -0.2) is 20.3 Å². The Balaban J connectivity index is 2.27. The Morgan fingerprint density at radius 2 is 2.07 bits per heavy atom. The van der Waals surface area contributed by atoms with Crippen LogP contribution >= 0.6 is 11.6 Å². The molecular formula is C11H13ClO3. The number of hydrogen-bond donors (Lipinski definition) is 0. The van der Waals surface area contributed by atoms with Gasteiger partial charge in [0.1, 0.15) is 5.75 Å². The molecule has 0 radical (unpaired) electrons. The molecule has 1 saturated heterocycles. The van der Waals surface area contributed by atoms with Crippen LogP contribution in [0, 0.1) is 0 Å². The molecule has 0 atom stereocenters. The smallest absolute Gasteiger partial charge is 0.187 e. The fraction of sp³-hybridized carbons (Fsp3) is 0.455. The van der Waals surface area contributed by atoms with Crippen molar-refractivity contribution in [2.75, 3.05) is 20.3 Å². The number of benzene rings is 1. The summed E-state index contributed by atoms with van der Waals surface area (Å²) in [6.07, 6.45) is 0.576. The summed E-state index contributed by atoms with van der Waals surface area (Å²) in [6.45, 7) is 1.42. The summed E-state index contributed by atoms with van der Waals surface area (Å²) in [7, 11) is 1.62. The molecule has 4 heteroatoms. The van der Waals surface area contributed by atoms with Gasteiger partial charge in [0.05, 0.1) is 25.9 Å². The zero-order valence-electron chi connectivity index (χ0n) is 8.53. The van der Waals surface area contributed by atoms with Crippen molar-refractivity contribution in [3.8, 4) is 5.75 Å². The first-order valence-electron chi connectivity index (χ1n) is 4.88. The van der Waals surface area contributed by atoms with Crippen LogP contribution in [-0.2, 0) is 9.47 Å². The maximum absolute atomic E-state index is 5.93. The van der Waals surface area contributed by atoms with Gasteiger partial charge in [0, 0.05) is 5.02 Å². The predicted octanol–water partition coefficient (Wildman–Crippen LogP) is 2.78. The molecule has 0 saturated carbocycles.